The zero-order chi connectivity index (χ0) is 12.1. The summed E-state index contributed by atoms with van der Waals surface area (Å²) in [7, 11) is 0. The molecule has 0 unspecified atom stereocenters. The smallest absolute Gasteiger partial charge is 0.305 e. The minimum atomic E-state index is -0.915. The number of hydrogen-bond donors (Lipinski definition) is 3. The van der Waals surface area contributed by atoms with Crippen LogP contribution in [-0.4, -0.2) is 23.5 Å². The number of carbonyl (C=O) groups is 2. The van der Waals surface area contributed by atoms with Gasteiger partial charge in [0.1, 0.15) is 0 Å². The molecule has 0 aromatic heterocycles. The number of carboxylic acids is 1. The lowest BCUT2D eigenvalue weighted by Crippen LogP contribution is -2.15. The number of halogens is 1. The van der Waals surface area contributed by atoms with Gasteiger partial charge in [-0.1, -0.05) is 11.6 Å². The van der Waals surface area contributed by atoms with Crippen molar-refractivity contribution in [2.45, 2.75) is 6.42 Å². The number of carboxylic acid groups (broad SMARTS) is 1. The molecule has 4 N–H and O–H groups in total. The molecule has 0 heterocycles. The third-order valence-electron chi connectivity index (χ3n) is 1.90. The van der Waals surface area contributed by atoms with E-state index in [2.05, 4.69) is 5.32 Å². The third kappa shape index (κ3) is 3.43. The number of carbonyl (C=O) groups excluding carboxylic acids is 1. The largest absolute Gasteiger partial charge is 0.481 e. The molecule has 5 nitrogen and oxygen atoms in total. The van der Waals surface area contributed by atoms with Gasteiger partial charge in [0.05, 0.1) is 12.0 Å². The van der Waals surface area contributed by atoms with E-state index < -0.39 is 11.9 Å². The summed E-state index contributed by atoms with van der Waals surface area (Å²) in [4.78, 5) is 21.4. The van der Waals surface area contributed by atoms with Crippen LogP contribution in [0.3, 0.4) is 0 Å². The molecule has 0 radical (unpaired) electrons. The maximum Gasteiger partial charge on any atom is 0.305 e. The number of nitrogens with one attached hydrogen (secondary N) is 1. The Bertz CT molecular complexity index is 421. The zero-order valence-electron chi connectivity index (χ0n) is 8.37. The van der Waals surface area contributed by atoms with Crippen molar-refractivity contribution in [2.75, 3.05) is 11.9 Å². The Morgan fingerprint density at radius 3 is 2.69 bits per heavy atom. The van der Waals surface area contributed by atoms with Gasteiger partial charge in [0.25, 0.3) is 5.91 Å². The van der Waals surface area contributed by atoms with Crippen LogP contribution in [0.15, 0.2) is 18.2 Å². The van der Waals surface area contributed by atoms with E-state index in [1.165, 1.54) is 6.07 Å². The summed E-state index contributed by atoms with van der Waals surface area (Å²) in [6.45, 7) is 0.219. The number of primary amides is 1. The van der Waals surface area contributed by atoms with Gasteiger partial charge < -0.3 is 16.2 Å². The van der Waals surface area contributed by atoms with Crippen LogP contribution in [-0.2, 0) is 4.79 Å². The fraction of sp³-hybridized carbons (Fsp3) is 0.200. The Morgan fingerprint density at radius 2 is 2.12 bits per heavy atom. The average Bonchev–Trinajstić information content (AvgIpc) is 2.19. The summed E-state index contributed by atoms with van der Waals surface area (Å²) < 4.78 is 0. The first-order valence-corrected chi connectivity index (χ1v) is 4.93. The highest BCUT2D eigenvalue weighted by molar-refractivity contribution is 6.31. The average molecular weight is 243 g/mol. The highest BCUT2D eigenvalue weighted by Gasteiger charge is 2.08. The second kappa shape index (κ2) is 5.37. The molecule has 0 spiro atoms. The van der Waals surface area contributed by atoms with Crippen molar-refractivity contribution in [3.63, 3.8) is 0 Å². The molecular weight excluding hydrogens is 232 g/mol. The minimum absolute atomic E-state index is 0.0408. The van der Waals surface area contributed by atoms with Crippen molar-refractivity contribution < 1.29 is 14.7 Å². The SMILES string of the molecule is NC(=O)c1cc(Cl)ccc1NCCC(=O)O. The molecule has 0 atom stereocenters. The predicted octanol–water partition coefficient (Wildman–Crippen LogP) is 1.33. The van der Waals surface area contributed by atoms with Crippen molar-refractivity contribution in [1.82, 2.24) is 0 Å². The molecule has 1 rings (SSSR count). The fourth-order valence-corrected chi connectivity index (χ4v) is 1.35. The number of anilines is 1. The molecule has 0 bridgehead atoms. The van der Waals surface area contributed by atoms with Crippen LogP contribution in [0.1, 0.15) is 16.8 Å². The lowest BCUT2D eigenvalue weighted by molar-refractivity contribution is -0.136. The first-order chi connectivity index (χ1) is 7.50. The van der Waals surface area contributed by atoms with Crippen LogP contribution in [0.5, 0.6) is 0 Å². The predicted molar refractivity (Wildman–Crippen MR) is 60.7 cm³/mol. The molecule has 1 aromatic carbocycles. The van der Waals surface area contributed by atoms with Gasteiger partial charge in [-0.2, -0.15) is 0 Å². The second-order valence-corrected chi connectivity index (χ2v) is 3.56. The Hall–Kier alpha value is -1.75. The molecule has 0 saturated heterocycles. The van der Waals surface area contributed by atoms with Gasteiger partial charge in [-0.05, 0) is 18.2 Å². The molecule has 0 saturated carbocycles. The molecule has 0 aliphatic rings. The third-order valence-corrected chi connectivity index (χ3v) is 2.14. The molecule has 6 heteroatoms. The molecule has 0 fully saturated rings. The van der Waals surface area contributed by atoms with E-state index in [4.69, 9.17) is 22.4 Å². The standard InChI is InChI=1S/C10H11ClN2O3/c11-6-1-2-8(7(5-6)10(12)16)13-4-3-9(14)15/h1-2,5,13H,3-4H2,(H2,12,16)(H,14,15). The van der Waals surface area contributed by atoms with Crippen molar-refractivity contribution in [3.05, 3.63) is 28.8 Å². The van der Waals surface area contributed by atoms with Crippen LogP contribution in [0, 0.1) is 0 Å². The van der Waals surface area contributed by atoms with Gasteiger partial charge in [-0.25, -0.2) is 0 Å². The summed E-state index contributed by atoms with van der Waals surface area (Å²) in [5, 5.41) is 11.7. The number of hydrogen-bond acceptors (Lipinski definition) is 3. The Labute approximate surface area is 97.2 Å². The first kappa shape index (κ1) is 12.3. The van der Waals surface area contributed by atoms with E-state index in [0.29, 0.717) is 10.7 Å². The number of benzene rings is 1. The number of nitrogens with two attached hydrogens (primary N) is 1. The van der Waals surface area contributed by atoms with Gasteiger partial charge >= 0.3 is 5.97 Å². The normalized spacial score (nSPS) is 9.81. The molecule has 1 aromatic rings. The van der Waals surface area contributed by atoms with Crippen LogP contribution in [0.2, 0.25) is 5.02 Å². The molecule has 86 valence electrons. The minimum Gasteiger partial charge on any atom is -0.481 e. The molecule has 1 amide bonds. The maximum atomic E-state index is 11.1. The number of rotatable bonds is 5. The van der Waals surface area contributed by atoms with Gasteiger partial charge in [0, 0.05) is 17.3 Å². The molecule has 0 aliphatic carbocycles. The van der Waals surface area contributed by atoms with Gasteiger partial charge in [-0.3, -0.25) is 9.59 Å². The van der Waals surface area contributed by atoms with E-state index in [1.807, 2.05) is 0 Å². The summed E-state index contributed by atoms with van der Waals surface area (Å²) in [5.41, 5.74) is 5.89. The van der Waals surface area contributed by atoms with Crippen LogP contribution >= 0.6 is 11.6 Å². The molecule has 16 heavy (non-hydrogen) atoms. The fourth-order valence-electron chi connectivity index (χ4n) is 1.18. The van der Waals surface area contributed by atoms with E-state index in [-0.39, 0.29) is 18.5 Å². The second-order valence-electron chi connectivity index (χ2n) is 3.12. The summed E-state index contributed by atoms with van der Waals surface area (Å²) >= 11 is 5.72. The molecular formula is C10H11ClN2O3. The Balaban J connectivity index is 2.78. The van der Waals surface area contributed by atoms with E-state index in [9.17, 15) is 9.59 Å². The summed E-state index contributed by atoms with van der Waals surface area (Å²) in [5.74, 6) is -1.53. The van der Waals surface area contributed by atoms with Crippen LogP contribution in [0.4, 0.5) is 5.69 Å². The summed E-state index contributed by atoms with van der Waals surface area (Å²) in [6.07, 6.45) is -0.0408. The number of aliphatic carboxylic acids is 1. The van der Waals surface area contributed by atoms with E-state index in [0.717, 1.165) is 0 Å². The lowest BCUT2D eigenvalue weighted by atomic mass is 10.1. The Kier molecular flexibility index (Phi) is 4.13. The first-order valence-electron chi connectivity index (χ1n) is 4.55. The van der Waals surface area contributed by atoms with Crippen molar-refractivity contribution >= 4 is 29.2 Å². The van der Waals surface area contributed by atoms with Crippen molar-refractivity contribution in [2.24, 2.45) is 5.73 Å². The topological polar surface area (TPSA) is 92.4 Å². The van der Waals surface area contributed by atoms with Crippen LogP contribution < -0.4 is 11.1 Å². The van der Waals surface area contributed by atoms with Gasteiger partial charge in [0.2, 0.25) is 0 Å². The van der Waals surface area contributed by atoms with Crippen LogP contribution in [0.25, 0.3) is 0 Å². The van der Waals surface area contributed by atoms with E-state index in [1.54, 1.807) is 12.1 Å². The van der Waals surface area contributed by atoms with Gasteiger partial charge in [0.15, 0.2) is 0 Å². The molecule has 0 aliphatic heterocycles. The number of amides is 1. The van der Waals surface area contributed by atoms with Crippen molar-refractivity contribution in [1.29, 1.82) is 0 Å². The highest BCUT2D eigenvalue weighted by atomic mass is 35.5. The quantitative estimate of drug-likeness (QED) is 0.726. The Morgan fingerprint density at radius 1 is 1.44 bits per heavy atom. The highest BCUT2D eigenvalue weighted by Crippen LogP contribution is 2.20. The lowest BCUT2D eigenvalue weighted by Gasteiger charge is -2.09. The van der Waals surface area contributed by atoms with Crippen molar-refractivity contribution in [3.8, 4) is 0 Å². The van der Waals surface area contributed by atoms with Gasteiger partial charge in [-0.15, -0.1) is 0 Å². The summed E-state index contributed by atoms with van der Waals surface area (Å²) in [6, 6.07) is 4.62. The zero-order valence-corrected chi connectivity index (χ0v) is 9.12. The van der Waals surface area contributed by atoms with E-state index >= 15 is 0 Å². The maximum absolute atomic E-state index is 11.1. The monoisotopic (exact) mass is 242 g/mol.